The summed E-state index contributed by atoms with van der Waals surface area (Å²) >= 11 is 1.28. The maximum absolute atomic E-state index is 12.2. The molecule has 26 heavy (non-hydrogen) atoms. The van der Waals surface area contributed by atoms with Crippen LogP contribution in [0.3, 0.4) is 0 Å². The van der Waals surface area contributed by atoms with Crippen molar-refractivity contribution in [1.82, 2.24) is 24.7 Å². The number of amides is 1. The van der Waals surface area contributed by atoms with Gasteiger partial charge in [0.25, 0.3) is 0 Å². The van der Waals surface area contributed by atoms with E-state index < -0.39 is 0 Å². The highest BCUT2D eigenvalue weighted by Crippen LogP contribution is 2.18. The van der Waals surface area contributed by atoms with Crippen LogP contribution in [-0.2, 0) is 11.3 Å². The SMILES string of the molecule is O=C(CSc1nncn1Cc1ccco1)Nc1ccc2[nH]c(=O)[nH]c2c1. The Balaban J connectivity index is 1.38. The molecule has 0 spiro atoms. The summed E-state index contributed by atoms with van der Waals surface area (Å²) in [6.45, 7) is 0.501. The van der Waals surface area contributed by atoms with E-state index in [1.54, 1.807) is 30.8 Å². The third-order valence-corrected chi connectivity index (χ3v) is 4.60. The van der Waals surface area contributed by atoms with E-state index >= 15 is 0 Å². The highest BCUT2D eigenvalue weighted by Gasteiger charge is 2.11. The Kier molecular flexibility index (Phi) is 4.32. The molecule has 9 nitrogen and oxygen atoms in total. The van der Waals surface area contributed by atoms with Crippen LogP contribution in [0.2, 0.25) is 0 Å². The monoisotopic (exact) mass is 370 g/mol. The molecule has 0 fully saturated rings. The number of fused-ring (bicyclic) bond motifs is 1. The molecule has 1 aromatic carbocycles. The van der Waals surface area contributed by atoms with Gasteiger partial charge in [-0.15, -0.1) is 10.2 Å². The van der Waals surface area contributed by atoms with Gasteiger partial charge in [0.2, 0.25) is 5.91 Å². The lowest BCUT2D eigenvalue weighted by molar-refractivity contribution is -0.113. The van der Waals surface area contributed by atoms with Crippen LogP contribution in [-0.4, -0.2) is 36.4 Å². The first-order valence-electron chi connectivity index (χ1n) is 7.72. The molecule has 4 rings (SSSR count). The molecule has 0 aliphatic heterocycles. The average molecular weight is 370 g/mol. The van der Waals surface area contributed by atoms with Crippen molar-refractivity contribution in [2.75, 3.05) is 11.1 Å². The van der Waals surface area contributed by atoms with Crippen LogP contribution < -0.4 is 11.0 Å². The van der Waals surface area contributed by atoms with Crippen molar-refractivity contribution in [3.8, 4) is 0 Å². The first-order valence-corrected chi connectivity index (χ1v) is 8.71. The number of aromatic nitrogens is 5. The topological polar surface area (TPSA) is 122 Å². The standard InChI is InChI=1S/C16H14N6O3S/c23-14(18-10-3-4-12-13(6-10)20-15(24)19-12)8-26-16-21-17-9-22(16)7-11-2-1-5-25-11/h1-6,9H,7-8H2,(H,18,23)(H2,19,20,24). The van der Waals surface area contributed by atoms with E-state index in [1.807, 2.05) is 16.7 Å². The number of carbonyl (C=O) groups excluding carboxylic acids is 1. The smallest absolute Gasteiger partial charge is 0.323 e. The van der Waals surface area contributed by atoms with Crippen molar-refractivity contribution in [3.05, 3.63) is 59.2 Å². The van der Waals surface area contributed by atoms with Gasteiger partial charge >= 0.3 is 5.69 Å². The molecule has 132 valence electrons. The molecule has 0 saturated heterocycles. The summed E-state index contributed by atoms with van der Waals surface area (Å²) in [5.74, 6) is 0.781. The van der Waals surface area contributed by atoms with E-state index in [2.05, 4.69) is 25.5 Å². The predicted molar refractivity (Wildman–Crippen MR) is 96.1 cm³/mol. The van der Waals surface area contributed by atoms with Crippen LogP contribution in [0, 0.1) is 0 Å². The highest BCUT2D eigenvalue weighted by atomic mass is 32.2. The summed E-state index contributed by atoms with van der Waals surface area (Å²) in [5, 5.41) is 11.3. The van der Waals surface area contributed by atoms with Crippen molar-refractivity contribution in [1.29, 1.82) is 0 Å². The molecular weight excluding hydrogens is 356 g/mol. The molecule has 3 aromatic heterocycles. The van der Waals surface area contributed by atoms with Crippen molar-refractivity contribution in [2.24, 2.45) is 0 Å². The Hall–Kier alpha value is -3.27. The van der Waals surface area contributed by atoms with Gasteiger partial charge in [-0.1, -0.05) is 11.8 Å². The highest BCUT2D eigenvalue weighted by molar-refractivity contribution is 7.99. The minimum absolute atomic E-state index is 0.179. The minimum Gasteiger partial charge on any atom is -0.467 e. The predicted octanol–water partition coefficient (Wildman–Crippen LogP) is 1.82. The second-order valence-electron chi connectivity index (χ2n) is 5.50. The largest absolute Gasteiger partial charge is 0.467 e. The number of nitrogens with one attached hydrogen (secondary N) is 3. The van der Waals surface area contributed by atoms with Gasteiger partial charge in [0.1, 0.15) is 12.1 Å². The van der Waals surface area contributed by atoms with Crippen molar-refractivity contribution >= 4 is 34.4 Å². The Morgan fingerprint density at radius 2 is 2.15 bits per heavy atom. The fourth-order valence-corrected chi connectivity index (χ4v) is 3.19. The number of aromatic amines is 2. The molecule has 0 unspecified atom stereocenters. The number of rotatable bonds is 6. The quantitative estimate of drug-likeness (QED) is 0.445. The summed E-state index contributed by atoms with van der Waals surface area (Å²) in [5.41, 5.74) is 1.65. The third-order valence-electron chi connectivity index (χ3n) is 3.62. The number of carbonyl (C=O) groups is 1. The lowest BCUT2D eigenvalue weighted by Crippen LogP contribution is -2.14. The summed E-state index contributed by atoms with van der Waals surface area (Å²) in [6.07, 6.45) is 3.20. The van der Waals surface area contributed by atoms with Gasteiger partial charge in [-0.25, -0.2) is 4.79 Å². The molecule has 3 N–H and O–H groups in total. The van der Waals surface area contributed by atoms with E-state index in [0.717, 1.165) is 5.76 Å². The normalized spacial score (nSPS) is 11.1. The molecule has 10 heteroatoms. The molecule has 4 aromatic rings. The number of nitrogens with zero attached hydrogens (tertiary/aromatic N) is 3. The van der Waals surface area contributed by atoms with Crippen molar-refractivity contribution in [3.63, 3.8) is 0 Å². The molecule has 3 heterocycles. The van der Waals surface area contributed by atoms with E-state index in [1.165, 1.54) is 11.8 Å². The molecule has 0 saturated carbocycles. The van der Waals surface area contributed by atoms with Crippen LogP contribution in [0.1, 0.15) is 5.76 Å². The Bertz CT molecular complexity index is 1090. The number of H-pyrrole nitrogens is 2. The van der Waals surface area contributed by atoms with Crippen molar-refractivity contribution < 1.29 is 9.21 Å². The van der Waals surface area contributed by atoms with Crippen LogP contribution in [0.4, 0.5) is 5.69 Å². The first-order chi connectivity index (χ1) is 12.7. The Labute approximate surface area is 150 Å². The fraction of sp³-hybridized carbons (Fsp3) is 0.125. The summed E-state index contributed by atoms with van der Waals surface area (Å²) in [6, 6.07) is 8.84. The van der Waals surface area contributed by atoms with E-state index in [-0.39, 0.29) is 17.3 Å². The van der Waals surface area contributed by atoms with Gasteiger partial charge in [-0.3, -0.25) is 4.79 Å². The number of imidazole rings is 1. The lowest BCUT2D eigenvalue weighted by atomic mass is 10.3. The first kappa shape index (κ1) is 16.2. The van der Waals surface area contributed by atoms with Gasteiger partial charge in [0, 0.05) is 5.69 Å². The lowest BCUT2D eigenvalue weighted by Gasteiger charge is -2.06. The Morgan fingerprint density at radius 3 is 3.00 bits per heavy atom. The molecule has 0 atom stereocenters. The van der Waals surface area contributed by atoms with Gasteiger partial charge in [0.15, 0.2) is 5.16 Å². The van der Waals surface area contributed by atoms with Gasteiger partial charge in [-0.2, -0.15) is 0 Å². The average Bonchev–Trinajstić information content (AvgIpc) is 3.34. The summed E-state index contributed by atoms with van der Waals surface area (Å²) in [4.78, 5) is 28.8. The second kappa shape index (κ2) is 6.92. The molecule has 0 aliphatic carbocycles. The third kappa shape index (κ3) is 3.54. The number of hydrogen-bond acceptors (Lipinski definition) is 6. The fourth-order valence-electron chi connectivity index (χ4n) is 2.47. The maximum Gasteiger partial charge on any atom is 0.323 e. The van der Waals surface area contributed by atoms with E-state index in [9.17, 15) is 9.59 Å². The molecule has 1 amide bonds. The number of thioether (sulfide) groups is 1. The van der Waals surface area contributed by atoms with Gasteiger partial charge in [-0.05, 0) is 30.3 Å². The zero-order valence-corrected chi connectivity index (χ0v) is 14.2. The number of hydrogen-bond donors (Lipinski definition) is 3. The number of benzene rings is 1. The zero-order valence-electron chi connectivity index (χ0n) is 13.4. The summed E-state index contributed by atoms with van der Waals surface area (Å²) in [7, 11) is 0. The van der Waals surface area contributed by atoms with Gasteiger partial charge < -0.3 is 24.3 Å². The van der Waals surface area contributed by atoms with E-state index in [0.29, 0.717) is 28.4 Å². The number of furan rings is 1. The second-order valence-corrected chi connectivity index (χ2v) is 6.44. The van der Waals surface area contributed by atoms with Gasteiger partial charge in [0.05, 0.1) is 29.6 Å². The molecule has 0 aliphatic rings. The molecular formula is C16H14N6O3S. The minimum atomic E-state index is -0.282. The maximum atomic E-state index is 12.2. The molecule has 0 radical (unpaired) electrons. The van der Waals surface area contributed by atoms with Crippen LogP contribution in [0.5, 0.6) is 0 Å². The van der Waals surface area contributed by atoms with Crippen LogP contribution >= 0.6 is 11.8 Å². The van der Waals surface area contributed by atoms with E-state index in [4.69, 9.17) is 4.42 Å². The molecule has 0 bridgehead atoms. The van der Waals surface area contributed by atoms with Crippen molar-refractivity contribution in [2.45, 2.75) is 11.7 Å². The van der Waals surface area contributed by atoms with Crippen LogP contribution in [0.25, 0.3) is 11.0 Å². The zero-order chi connectivity index (χ0) is 17.9. The number of anilines is 1. The summed E-state index contributed by atoms with van der Waals surface area (Å²) < 4.78 is 7.12. The van der Waals surface area contributed by atoms with Crippen LogP contribution in [0.15, 0.2) is 57.3 Å². The Morgan fingerprint density at radius 1 is 1.27 bits per heavy atom.